The van der Waals surface area contributed by atoms with Crippen LogP contribution in [0.15, 0.2) is 0 Å². The second-order valence-corrected chi connectivity index (χ2v) is 1.97. The van der Waals surface area contributed by atoms with Crippen LogP contribution in [0.1, 0.15) is 20.3 Å². The first-order chi connectivity index (χ1) is 4.81. The largest absolute Gasteiger partial charge is 0.355 e. The molecule has 0 bridgehead atoms. The van der Waals surface area contributed by atoms with E-state index in [4.69, 9.17) is 0 Å². The molecule has 1 radical (unpaired) electrons. The molecule has 3 nitrogen and oxygen atoms in total. The van der Waals surface area contributed by atoms with Gasteiger partial charge < -0.3 is 5.32 Å². The van der Waals surface area contributed by atoms with Crippen LogP contribution in [0.4, 0.5) is 0 Å². The zero-order chi connectivity index (χ0) is 7.82. The van der Waals surface area contributed by atoms with Crippen LogP contribution in [0.25, 0.3) is 0 Å². The lowest BCUT2D eigenvalue weighted by Crippen LogP contribution is -2.28. The summed E-state index contributed by atoms with van der Waals surface area (Å²) >= 11 is 0. The van der Waals surface area contributed by atoms with Crippen molar-refractivity contribution in [1.29, 1.82) is 0 Å². The van der Waals surface area contributed by atoms with Gasteiger partial charge in [-0.15, -0.1) is 0 Å². The summed E-state index contributed by atoms with van der Waals surface area (Å²) in [7, 11) is 0. The molecule has 0 atom stereocenters. The van der Waals surface area contributed by atoms with Crippen LogP contribution < -0.4 is 10.6 Å². The Balaban J connectivity index is 2.96. The number of hydrogen-bond acceptors (Lipinski definition) is 1. The number of nitrogens with zero attached hydrogens (tertiary/aromatic N) is 1. The molecule has 0 aromatic carbocycles. The molecule has 0 saturated carbocycles. The summed E-state index contributed by atoms with van der Waals surface area (Å²) in [5, 5.41) is 6.80. The van der Waals surface area contributed by atoms with Crippen LogP contribution in [0.2, 0.25) is 0 Å². The molecule has 0 aromatic rings. The molecule has 0 rings (SSSR count). The smallest absolute Gasteiger partial charge is 0.219 e. The Bertz CT molecular complexity index is 93.6. The van der Waals surface area contributed by atoms with Crippen LogP contribution >= 0.6 is 0 Å². The first-order valence-corrected chi connectivity index (χ1v) is 3.71. The molecule has 3 heteroatoms. The third-order valence-electron chi connectivity index (χ3n) is 1.14. The van der Waals surface area contributed by atoms with Gasteiger partial charge in [0.25, 0.3) is 0 Å². The molecule has 1 amide bonds. The highest BCUT2D eigenvalue weighted by Gasteiger charge is 1.93. The summed E-state index contributed by atoms with van der Waals surface area (Å²) in [5.74, 6) is 0.103. The van der Waals surface area contributed by atoms with Crippen molar-refractivity contribution in [1.82, 2.24) is 10.6 Å². The summed E-state index contributed by atoms with van der Waals surface area (Å²) in [6.45, 7) is 6.08. The fourth-order valence-electron chi connectivity index (χ4n) is 0.557. The molecular weight excluding hydrogens is 128 g/mol. The first kappa shape index (κ1) is 9.43. The Morgan fingerprint density at radius 3 is 2.70 bits per heavy atom. The van der Waals surface area contributed by atoms with Gasteiger partial charge in [-0.05, 0) is 0 Å². The summed E-state index contributed by atoms with van der Waals surface area (Å²) in [6.07, 6.45) is 0.562. The van der Waals surface area contributed by atoms with E-state index in [2.05, 4.69) is 10.6 Å². The Kier molecular flexibility index (Phi) is 6.18. The SMILES string of the molecule is CC[N]CCNC(=O)CC. The van der Waals surface area contributed by atoms with E-state index >= 15 is 0 Å². The van der Waals surface area contributed by atoms with Gasteiger partial charge in [0.05, 0.1) is 0 Å². The number of rotatable bonds is 5. The van der Waals surface area contributed by atoms with Crippen molar-refractivity contribution in [2.75, 3.05) is 19.6 Å². The molecule has 0 aliphatic rings. The maximum atomic E-state index is 10.6. The summed E-state index contributed by atoms with van der Waals surface area (Å²) in [4.78, 5) is 10.6. The third-order valence-corrected chi connectivity index (χ3v) is 1.14. The topological polar surface area (TPSA) is 43.2 Å². The summed E-state index contributed by atoms with van der Waals surface area (Å²) in [6, 6.07) is 0. The quantitative estimate of drug-likeness (QED) is 0.546. The average molecular weight is 143 g/mol. The van der Waals surface area contributed by atoms with E-state index in [1.165, 1.54) is 0 Å². The van der Waals surface area contributed by atoms with E-state index in [0.717, 1.165) is 13.1 Å². The molecule has 0 aliphatic heterocycles. The molecule has 59 valence electrons. The Labute approximate surface area is 62.2 Å². The van der Waals surface area contributed by atoms with Crippen molar-refractivity contribution in [3.63, 3.8) is 0 Å². The van der Waals surface area contributed by atoms with Gasteiger partial charge in [-0.3, -0.25) is 4.79 Å². The number of likely N-dealkylation sites (N-methyl/N-ethyl adjacent to an activating group) is 1. The lowest BCUT2D eigenvalue weighted by molar-refractivity contribution is -0.120. The highest BCUT2D eigenvalue weighted by atomic mass is 16.1. The van der Waals surface area contributed by atoms with Gasteiger partial charge in [0.15, 0.2) is 0 Å². The van der Waals surface area contributed by atoms with Crippen LogP contribution in [-0.4, -0.2) is 25.5 Å². The lowest BCUT2D eigenvalue weighted by Gasteiger charge is -2.01. The van der Waals surface area contributed by atoms with E-state index in [1.807, 2.05) is 13.8 Å². The molecule has 0 unspecified atom stereocenters. The molecule has 0 aromatic heterocycles. The van der Waals surface area contributed by atoms with Gasteiger partial charge in [0.1, 0.15) is 0 Å². The number of carbonyl (C=O) groups excluding carboxylic acids is 1. The minimum atomic E-state index is 0.103. The first-order valence-electron chi connectivity index (χ1n) is 3.71. The number of hydrogen-bond donors (Lipinski definition) is 1. The highest BCUT2D eigenvalue weighted by molar-refractivity contribution is 5.75. The van der Waals surface area contributed by atoms with E-state index in [-0.39, 0.29) is 5.91 Å². The number of amides is 1. The predicted molar refractivity (Wildman–Crippen MR) is 40.8 cm³/mol. The molecule has 0 heterocycles. The molecule has 0 spiro atoms. The molecule has 10 heavy (non-hydrogen) atoms. The molecule has 1 N–H and O–H groups in total. The Hall–Kier alpha value is -0.570. The maximum Gasteiger partial charge on any atom is 0.219 e. The van der Waals surface area contributed by atoms with Crippen molar-refractivity contribution < 1.29 is 4.79 Å². The minimum absolute atomic E-state index is 0.103. The second kappa shape index (κ2) is 6.55. The normalized spacial score (nSPS) is 9.40. The predicted octanol–water partition coefficient (Wildman–Crippen LogP) is 0.137. The summed E-state index contributed by atoms with van der Waals surface area (Å²) in [5.41, 5.74) is 0. The summed E-state index contributed by atoms with van der Waals surface area (Å²) < 4.78 is 0. The van der Waals surface area contributed by atoms with Crippen molar-refractivity contribution in [3.05, 3.63) is 0 Å². The highest BCUT2D eigenvalue weighted by Crippen LogP contribution is 1.72. The van der Waals surface area contributed by atoms with E-state index in [9.17, 15) is 4.79 Å². The average Bonchev–Trinajstić information content (AvgIpc) is 1.98. The van der Waals surface area contributed by atoms with Crippen LogP contribution in [-0.2, 0) is 4.79 Å². The molecule has 0 saturated heterocycles. The lowest BCUT2D eigenvalue weighted by atomic mass is 10.4. The van der Waals surface area contributed by atoms with Crippen molar-refractivity contribution in [3.8, 4) is 0 Å². The second-order valence-electron chi connectivity index (χ2n) is 1.97. The van der Waals surface area contributed by atoms with Gasteiger partial charge in [0.2, 0.25) is 5.91 Å². The van der Waals surface area contributed by atoms with E-state index in [0.29, 0.717) is 13.0 Å². The monoisotopic (exact) mass is 143 g/mol. The minimum Gasteiger partial charge on any atom is -0.355 e. The zero-order valence-corrected chi connectivity index (χ0v) is 6.68. The van der Waals surface area contributed by atoms with Gasteiger partial charge in [-0.25, -0.2) is 5.32 Å². The number of nitrogens with one attached hydrogen (secondary N) is 1. The molecular formula is C7H15N2O. The van der Waals surface area contributed by atoms with Crippen molar-refractivity contribution in [2.24, 2.45) is 0 Å². The Morgan fingerprint density at radius 2 is 2.20 bits per heavy atom. The maximum absolute atomic E-state index is 10.6. The van der Waals surface area contributed by atoms with E-state index in [1.54, 1.807) is 0 Å². The fourth-order valence-corrected chi connectivity index (χ4v) is 0.557. The third kappa shape index (κ3) is 5.56. The van der Waals surface area contributed by atoms with Gasteiger partial charge in [0, 0.05) is 26.1 Å². The van der Waals surface area contributed by atoms with E-state index < -0.39 is 0 Å². The zero-order valence-electron chi connectivity index (χ0n) is 6.68. The molecule has 0 aliphatic carbocycles. The van der Waals surface area contributed by atoms with Crippen LogP contribution in [0.5, 0.6) is 0 Å². The standard InChI is InChI=1S/C7H15N2O/c1-3-7(10)9-6-5-8-4-2/h3-6H2,1-2H3,(H,9,10). The van der Waals surface area contributed by atoms with Crippen LogP contribution in [0.3, 0.4) is 0 Å². The molecule has 0 fully saturated rings. The van der Waals surface area contributed by atoms with Gasteiger partial charge in [-0.1, -0.05) is 13.8 Å². The van der Waals surface area contributed by atoms with Crippen molar-refractivity contribution in [2.45, 2.75) is 20.3 Å². The van der Waals surface area contributed by atoms with Crippen LogP contribution in [0, 0.1) is 0 Å². The number of carbonyl (C=O) groups is 1. The fraction of sp³-hybridized carbons (Fsp3) is 0.857. The van der Waals surface area contributed by atoms with Gasteiger partial charge in [-0.2, -0.15) is 0 Å². The Morgan fingerprint density at radius 1 is 1.50 bits per heavy atom. The van der Waals surface area contributed by atoms with Gasteiger partial charge >= 0.3 is 0 Å². The van der Waals surface area contributed by atoms with Crippen molar-refractivity contribution >= 4 is 5.91 Å².